The second kappa shape index (κ2) is 6.62. The van der Waals surface area contributed by atoms with Crippen molar-refractivity contribution in [3.05, 3.63) is 45.0 Å². The molecule has 0 fully saturated rings. The smallest absolute Gasteiger partial charge is 0.254 e. The molecular weight excluding hydrogens is 320 g/mol. The number of aromatic amines is 1. The van der Waals surface area contributed by atoms with Gasteiger partial charge in [-0.05, 0) is 20.3 Å². The number of fused-ring (bicyclic) bond motifs is 1. The lowest BCUT2D eigenvalue weighted by Gasteiger charge is -2.30. The SMILES string of the molecule is Cc1nc2c(c(N(C)C)n1)CCN(C(=O)Cc1cnc(C)[nH]c1=O)C2. The molecule has 1 aliphatic rings. The van der Waals surface area contributed by atoms with Crippen LogP contribution in [0.2, 0.25) is 0 Å². The van der Waals surface area contributed by atoms with Crippen LogP contribution in [-0.2, 0) is 24.2 Å². The lowest BCUT2D eigenvalue weighted by molar-refractivity contribution is -0.131. The van der Waals surface area contributed by atoms with Crippen LogP contribution in [0.5, 0.6) is 0 Å². The number of H-pyrrole nitrogens is 1. The first-order valence-corrected chi connectivity index (χ1v) is 8.21. The zero-order valence-corrected chi connectivity index (χ0v) is 15.0. The zero-order chi connectivity index (χ0) is 18.1. The molecule has 1 aliphatic heterocycles. The van der Waals surface area contributed by atoms with Crippen molar-refractivity contribution in [2.24, 2.45) is 0 Å². The molecule has 8 nitrogen and oxygen atoms in total. The molecule has 2 aromatic heterocycles. The van der Waals surface area contributed by atoms with E-state index in [9.17, 15) is 9.59 Å². The number of hydrogen-bond acceptors (Lipinski definition) is 6. The number of rotatable bonds is 3. The first kappa shape index (κ1) is 17.1. The Morgan fingerprint density at radius 3 is 2.76 bits per heavy atom. The molecule has 2 aromatic rings. The number of hydrogen-bond donors (Lipinski definition) is 1. The number of carbonyl (C=O) groups excluding carboxylic acids is 1. The molecule has 0 atom stereocenters. The van der Waals surface area contributed by atoms with Crippen molar-refractivity contribution in [3.63, 3.8) is 0 Å². The topological polar surface area (TPSA) is 95.1 Å². The number of nitrogens with one attached hydrogen (secondary N) is 1. The van der Waals surface area contributed by atoms with E-state index < -0.39 is 0 Å². The van der Waals surface area contributed by atoms with Crippen LogP contribution < -0.4 is 10.5 Å². The van der Waals surface area contributed by atoms with E-state index in [1.165, 1.54) is 6.20 Å². The van der Waals surface area contributed by atoms with Crippen molar-refractivity contribution in [2.75, 3.05) is 25.5 Å². The molecule has 25 heavy (non-hydrogen) atoms. The van der Waals surface area contributed by atoms with Gasteiger partial charge in [-0.15, -0.1) is 0 Å². The summed E-state index contributed by atoms with van der Waals surface area (Å²) in [5, 5.41) is 0. The van der Waals surface area contributed by atoms with E-state index >= 15 is 0 Å². The molecule has 0 saturated carbocycles. The normalized spacial score (nSPS) is 13.5. The van der Waals surface area contributed by atoms with E-state index in [-0.39, 0.29) is 17.9 Å². The summed E-state index contributed by atoms with van der Waals surface area (Å²) in [4.78, 5) is 44.0. The quantitative estimate of drug-likeness (QED) is 0.866. The third-order valence-electron chi connectivity index (χ3n) is 4.27. The van der Waals surface area contributed by atoms with E-state index in [0.29, 0.717) is 36.7 Å². The van der Waals surface area contributed by atoms with Crippen LogP contribution in [-0.4, -0.2) is 51.4 Å². The highest BCUT2D eigenvalue weighted by molar-refractivity contribution is 5.79. The van der Waals surface area contributed by atoms with Crippen molar-refractivity contribution < 1.29 is 4.79 Å². The number of carbonyl (C=O) groups is 1. The van der Waals surface area contributed by atoms with Gasteiger partial charge in [0, 0.05) is 38.0 Å². The number of anilines is 1. The first-order valence-electron chi connectivity index (χ1n) is 8.21. The molecule has 1 N–H and O–H groups in total. The monoisotopic (exact) mass is 342 g/mol. The molecular formula is C17H22N6O2. The van der Waals surface area contributed by atoms with Crippen LogP contribution in [0, 0.1) is 13.8 Å². The van der Waals surface area contributed by atoms with E-state index in [2.05, 4.69) is 19.9 Å². The maximum atomic E-state index is 12.6. The summed E-state index contributed by atoms with van der Waals surface area (Å²) in [6.07, 6.45) is 2.22. The molecule has 1 amide bonds. The summed E-state index contributed by atoms with van der Waals surface area (Å²) in [7, 11) is 3.91. The van der Waals surface area contributed by atoms with Gasteiger partial charge in [0.1, 0.15) is 17.5 Å². The molecule has 0 spiro atoms. The molecule has 3 rings (SSSR count). The van der Waals surface area contributed by atoms with Crippen molar-refractivity contribution in [2.45, 2.75) is 33.2 Å². The van der Waals surface area contributed by atoms with Gasteiger partial charge in [0.15, 0.2) is 0 Å². The van der Waals surface area contributed by atoms with Gasteiger partial charge >= 0.3 is 0 Å². The van der Waals surface area contributed by atoms with Gasteiger partial charge in [-0.25, -0.2) is 15.0 Å². The molecule has 0 bridgehead atoms. The van der Waals surface area contributed by atoms with Gasteiger partial charge in [-0.3, -0.25) is 9.59 Å². The van der Waals surface area contributed by atoms with E-state index in [1.54, 1.807) is 11.8 Å². The minimum absolute atomic E-state index is 0.0442. The van der Waals surface area contributed by atoms with Crippen LogP contribution in [0.3, 0.4) is 0 Å². The second-order valence-corrected chi connectivity index (χ2v) is 6.48. The summed E-state index contributed by atoms with van der Waals surface area (Å²) in [5.41, 5.74) is 2.10. The molecule has 8 heteroatoms. The third kappa shape index (κ3) is 3.52. The van der Waals surface area contributed by atoms with E-state index in [4.69, 9.17) is 0 Å². The fourth-order valence-electron chi connectivity index (χ4n) is 3.02. The average molecular weight is 342 g/mol. The molecule has 0 unspecified atom stereocenters. The molecule has 0 radical (unpaired) electrons. The Morgan fingerprint density at radius 2 is 2.08 bits per heavy atom. The molecule has 0 saturated heterocycles. The second-order valence-electron chi connectivity index (χ2n) is 6.48. The summed E-state index contributed by atoms with van der Waals surface area (Å²) in [5.74, 6) is 2.05. The molecule has 0 aromatic carbocycles. The summed E-state index contributed by atoms with van der Waals surface area (Å²) >= 11 is 0. The Bertz CT molecular complexity index is 874. The number of nitrogens with zero attached hydrogens (tertiary/aromatic N) is 5. The van der Waals surface area contributed by atoms with Crippen LogP contribution >= 0.6 is 0 Å². The van der Waals surface area contributed by atoms with Gasteiger partial charge in [0.2, 0.25) is 5.91 Å². The molecule has 132 valence electrons. The van der Waals surface area contributed by atoms with E-state index in [0.717, 1.165) is 17.1 Å². The van der Waals surface area contributed by atoms with Crippen molar-refractivity contribution in [1.82, 2.24) is 24.8 Å². The summed E-state index contributed by atoms with van der Waals surface area (Å²) in [6, 6.07) is 0. The van der Waals surface area contributed by atoms with Gasteiger partial charge in [0.25, 0.3) is 5.56 Å². The fraction of sp³-hybridized carbons (Fsp3) is 0.471. The van der Waals surface area contributed by atoms with Gasteiger partial charge in [-0.2, -0.15) is 0 Å². The standard InChI is InChI=1S/C17H22N6O2/c1-10-18-8-12(17(25)21-10)7-15(24)23-6-5-13-14(9-23)19-11(2)20-16(13)22(3)4/h8H,5-7,9H2,1-4H3,(H,18,21,25). The average Bonchev–Trinajstić information content (AvgIpc) is 2.55. The molecule has 0 aliphatic carbocycles. The maximum Gasteiger partial charge on any atom is 0.254 e. The Kier molecular flexibility index (Phi) is 4.52. The number of aromatic nitrogens is 4. The van der Waals surface area contributed by atoms with E-state index in [1.807, 2.05) is 25.9 Å². The van der Waals surface area contributed by atoms with Gasteiger partial charge in [0.05, 0.1) is 18.7 Å². The van der Waals surface area contributed by atoms with Crippen molar-refractivity contribution in [3.8, 4) is 0 Å². The van der Waals surface area contributed by atoms with Gasteiger partial charge < -0.3 is 14.8 Å². The van der Waals surface area contributed by atoms with Crippen molar-refractivity contribution >= 4 is 11.7 Å². The fourth-order valence-corrected chi connectivity index (χ4v) is 3.02. The Morgan fingerprint density at radius 1 is 1.32 bits per heavy atom. The number of aryl methyl sites for hydroxylation is 2. The largest absolute Gasteiger partial charge is 0.362 e. The minimum Gasteiger partial charge on any atom is -0.362 e. The van der Waals surface area contributed by atoms with Crippen LogP contribution in [0.1, 0.15) is 28.5 Å². The van der Waals surface area contributed by atoms with Crippen LogP contribution in [0.15, 0.2) is 11.0 Å². The van der Waals surface area contributed by atoms with Crippen LogP contribution in [0.25, 0.3) is 0 Å². The zero-order valence-electron chi connectivity index (χ0n) is 15.0. The Balaban J connectivity index is 1.80. The Labute approximate surface area is 145 Å². The number of amides is 1. The molecule has 3 heterocycles. The highest BCUT2D eigenvalue weighted by atomic mass is 16.2. The highest BCUT2D eigenvalue weighted by Crippen LogP contribution is 2.25. The lowest BCUT2D eigenvalue weighted by Crippen LogP contribution is -2.39. The highest BCUT2D eigenvalue weighted by Gasteiger charge is 2.26. The minimum atomic E-state index is -0.258. The van der Waals surface area contributed by atoms with Crippen molar-refractivity contribution in [1.29, 1.82) is 0 Å². The Hall–Kier alpha value is -2.77. The summed E-state index contributed by atoms with van der Waals surface area (Å²) < 4.78 is 0. The van der Waals surface area contributed by atoms with Crippen LogP contribution in [0.4, 0.5) is 5.82 Å². The predicted octanol–water partition coefficient (Wildman–Crippen LogP) is 0.370. The lowest BCUT2D eigenvalue weighted by atomic mass is 10.0. The first-order chi connectivity index (χ1) is 11.8. The summed E-state index contributed by atoms with van der Waals surface area (Å²) in [6.45, 7) is 4.59. The van der Waals surface area contributed by atoms with Gasteiger partial charge in [-0.1, -0.05) is 0 Å². The third-order valence-corrected chi connectivity index (χ3v) is 4.27. The maximum absolute atomic E-state index is 12.6. The predicted molar refractivity (Wildman–Crippen MR) is 93.5 cm³/mol.